The van der Waals surface area contributed by atoms with Crippen LogP contribution in [0.3, 0.4) is 0 Å². The zero-order valence-corrected chi connectivity index (χ0v) is 8.64. The zero-order chi connectivity index (χ0) is 8.97. The first kappa shape index (κ1) is 10.0. The summed E-state index contributed by atoms with van der Waals surface area (Å²) in [4.78, 5) is 2.35. The van der Waals surface area contributed by atoms with Crippen LogP contribution in [0.1, 0.15) is 32.6 Å². The molecule has 0 amide bonds. The molecule has 2 heteroatoms. The fraction of sp³-hybridized carbons (Fsp3) is 1.00. The van der Waals surface area contributed by atoms with Crippen LogP contribution in [0.5, 0.6) is 0 Å². The Hall–Kier alpha value is -0.0800. The second-order valence-electron chi connectivity index (χ2n) is 4.05. The molecule has 2 nitrogen and oxygen atoms in total. The number of hydrogen-bond acceptors (Lipinski definition) is 2. The molecule has 0 bridgehead atoms. The smallest absolute Gasteiger partial charge is 0.0101 e. The molecule has 0 saturated carbocycles. The van der Waals surface area contributed by atoms with Crippen LogP contribution in [-0.2, 0) is 0 Å². The van der Waals surface area contributed by atoms with Crippen LogP contribution in [0.25, 0.3) is 0 Å². The van der Waals surface area contributed by atoms with Gasteiger partial charge in [-0.15, -0.1) is 0 Å². The van der Waals surface area contributed by atoms with Crippen molar-refractivity contribution in [3.05, 3.63) is 0 Å². The molecule has 0 radical (unpaired) electrons. The molecule has 1 saturated heterocycles. The summed E-state index contributed by atoms with van der Waals surface area (Å²) in [5, 5.41) is 3.55. The maximum Gasteiger partial charge on any atom is 0.0101 e. The molecule has 2 atom stereocenters. The highest BCUT2D eigenvalue weighted by atomic mass is 15.1. The number of hydrogen-bond donors (Lipinski definition) is 1. The van der Waals surface area contributed by atoms with Gasteiger partial charge >= 0.3 is 0 Å². The molecule has 72 valence electrons. The molecule has 1 aliphatic rings. The molecule has 0 aliphatic carbocycles. The Labute approximate surface area is 76.3 Å². The normalized spacial score (nSPS) is 26.5. The lowest BCUT2D eigenvalue weighted by Gasteiger charge is -2.25. The lowest BCUT2D eigenvalue weighted by Crippen LogP contribution is -2.34. The monoisotopic (exact) mass is 170 g/mol. The van der Waals surface area contributed by atoms with Crippen molar-refractivity contribution < 1.29 is 0 Å². The molecule has 1 rings (SSSR count). The van der Waals surface area contributed by atoms with Crippen molar-refractivity contribution >= 4 is 0 Å². The molecule has 1 heterocycles. The van der Waals surface area contributed by atoms with E-state index in [-0.39, 0.29) is 0 Å². The third-order valence-corrected chi connectivity index (χ3v) is 2.92. The van der Waals surface area contributed by atoms with Gasteiger partial charge in [0, 0.05) is 12.1 Å². The predicted molar refractivity (Wildman–Crippen MR) is 53.4 cm³/mol. The quantitative estimate of drug-likeness (QED) is 0.687. The first-order valence-electron chi connectivity index (χ1n) is 5.13. The lowest BCUT2D eigenvalue weighted by atomic mass is 10.0. The van der Waals surface area contributed by atoms with E-state index in [0.29, 0.717) is 0 Å². The van der Waals surface area contributed by atoms with E-state index in [1.165, 1.54) is 32.2 Å². The summed E-state index contributed by atoms with van der Waals surface area (Å²) >= 11 is 0. The molecule has 1 fully saturated rings. The van der Waals surface area contributed by atoms with E-state index >= 15 is 0 Å². The number of rotatable bonds is 4. The summed E-state index contributed by atoms with van der Waals surface area (Å²) in [7, 11) is 4.37. The molecule has 0 spiro atoms. The van der Waals surface area contributed by atoms with Gasteiger partial charge in [-0.3, -0.25) is 0 Å². The average Bonchev–Trinajstić information content (AvgIpc) is 2.51. The molecule has 0 aromatic heterocycles. The van der Waals surface area contributed by atoms with E-state index in [4.69, 9.17) is 0 Å². The molecular formula is C10H22N2. The fourth-order valence-electron chi connectivity index (χ4n) is 2.03. The van der Waals surface area contributed by atoms with Crippen molar-refractivity contribution in [1.82, 2.24) is 10.2 Å². The number of nitrogens with zero attached hydrogens (tertiary/aromatic N) is 1. The topological polar surface area (TPSA) is 15.3 Å². The van der Waals surface area contributed by atoms with Gasteiger partial charge in [-0.05, 0) is 46.3 Å². The van der Waals surface area contributed by atoms with Crippen molar-refractivity contribution in [2.45, 2.75) is 44.7 Å². The summed E-state index contributed by atoms with van der Waals surface area (Å²) in [6, 6.07) is 1.55. The maximum atomic E-state index is 3.55. The fourth-order valence-corrected chi connectivity index (χ4v) is 2.03. The van der Waals surface area contributed by atoms with E-state index in [1.807, 2.05) is 0 Å². The Morgan fingerprint density at radius 1 is 1.50 bits per heavy atom. The Kier molecular flexibility index (Phi) is 4.02. The predicted octanol–water partition coefficient (Wildman–Crippen LogP) is 1.47. The van der Waals surface area contributed by atoms with Crippen LogP contribution in [-0.4, -0.2) is 37.6 Å². The standard InChI is InChI=1S/C10H22N2/c1-4-10(12(2)3)8-9-6-5-7-11-9/h9-11H,4-8H2,1-3H3. The van der Waals surface area contributed by atoms with Gasteiger partial charge in [0.25, 0.3) is 0 Å². The summed E-state index contributed by atoms with van der Waals surface area (Å²) in [6.45, 7) is 3.51. The van der Waals surface area contributed by atoms with E-state index in [9.17, 15) is 0 Å². The van der Waals surface area contributed by atoms with E-state index in [1.54, 1.807) is 0 Å². The van der Waals surface area contributed by atoms with Crippen LogP contribution in [0, 0.1) is 0 Å². The van der Waals surface area contributed by atoms with Gasteiger partial charge in [-0.2, -0.15) is 0 Å². The highest BCUT2D eigenvalue weighted by Gasteiger charge is 2.19. The molecule has 1 aliphatic heterocycles. The van der Waals surface area contributed by atoms with Crippen molar-refractivity contribution in [2.24, 2.45) is 0 Å². The van der Waals surface area contributed by atoms with E-state index in [2.05, 4.69) is 31.2 Å². The number of nitrogens with one attached hydrogen (secondary N) is 1. The van der Waals surface area contributed by atoms with Gasteiger partial charge in [-0.25, -0.2) is 0 Å². The highest BCUT2D eigenvalue weighted by Crippen LogP contribution is 2.14. The summed E-state index contributed by atoms with van der Waals surface area (Å²) in [6.07, 6.45) is 5.34. The van der Waals surface area contributed by atoms with Crippen LogP contribution >= 0.6 is 0 Å². The van der Waals surface area contributed by atoms with Crippen LogP contribution in [0.4, 0.5) is 0 Å². The second-order valence-corrected chi connectivity index (χ2v) is 4.05. The van der Waals surface area contributed by atoms with Gasteiger partial charge in [0.05, 0.1) is 0 Å². The minimum Gasteiger partial charge on any atom is -0.314 e. The van der Waals surface area contributed by atoms with Crippen molar-refractivity contribution in [3.8, 4) is 0 Å². The van der Waals surface area contributed by atoms with Gasteiger partial charge in [0.2, 0.25) is 0 Å². The van der Waals surface area contributed by atoms with Crippen LogP contribution < -0.4 is 5.32 Å². The largest absolute Gasteiger partial charge is 0.314 e. The highest BCUT2D eigenvalue weighted by molar-refractivity contribution is 4.79. The van der Waals surface area contributed by atoms with Crippen molar-refractivity contribution in [2.75, 3.05) is 20.6 Å². The molecule has 0 aromatic carbocycles. The minimum atomic E-state index is 0.764. The summed E-state index contributed by atoms with van der Waals surface area (Å²) in [5.41, 5.74) is 0. The zero-order valence-electron chi connectivity index (χ0n) is 8.64. The van der Waals surface area contributed by atoms with Crippen LogP contribution in [0.15, 0.2) is 0 Å². The van der Waals surface area contributed by atoms with Gasteiger partial charge in [0.1, 0.15) is 0 Å². The molecule has 12 heavy (non-hydrogen) atoms. The molecule has 2 unspecified atom stereocenters. The van der Waals surface area contributed by atoms with Crippen molar-refractivity contribution in [3.63, 3.8) is 0 Å². The first-order valence-corrected chi connectivity index (χ1v) is 5.13. The lowest BCUT2D eigenvalue weighted by molar-refractivity contribution is 0.252. The molecule has 1 N–H and O–H groups in total. The Bertz CT molecular complexity index is 117. The Morgan fingerprint density at radius 3 is 2.67 bits per heavy atom. The van der Waals surface area contributed by atoms with Gasteiger partial charge in [0.15, 0.2) is 0 Å². The van der Waals surface area contributed by atoms with E-state index < -0.39 is 0 Å². The minimum absolute atomic E-state index is 0.764. The summed E-state index contributed by atoms with van der Waals surface area (Å²) < 4.78 is 0. The Balaban J connectivity index is 2.26. The summed E-state index contributed by atoms with van der Waals surface area (Å²) in [5.74, 6) is 0. The maximum absolute atomic E-state index is 3.55. The third kappa shape index (κ3) is 2.76. The second kappa shape index (κ2) is 4.83. The Morgan fingerprint density at radius 2 is 2.25 bits per heavy atom. The average molecular weight is 170 g/mol. The van der Waals surface area contributed by atoms with E-state index in [0.717, 1.165) is 12.1 Å². The van der Waals surface area contributed by atoms with Gasteiger partial charge in [-0.1, -0.05) is 6.92 Å². The van der Waals surface area contributed by atoms with Gasteiger partial charge < -0.3 is 10.2 Å². The first-order chi connectivity index (χ1) is 5.74. The molecule has 0 aromatic rings. The molecular weight excluding hydrogens is 148 g/mol. The SMILES string of the molecule is CCC(CC1CCCN1)N(C)C. The third-order valence-electron chi connectivity index (χ3n) is 2.92. The van der Waals surface area contributed by atoms with Crippen molar-refractivity contribution in [1.29, 1.82) is 0 Å². The van der Waals surface area contributed by atoms with Crippen LogP contribution in [0.2, 0.25) is 0 Å².